The monoisotopic (exact) mass is 412 g/mol. The molecule has 156 valence electrons. The zero-order valence-corrected chi connectivity index (χ0v) is 17.2. The van der Waals surface area contributed by atoms with Gasteiger partial charge in [-0.25, -0.2) is 14.8 Å². The molecule has 1 atom stereocenters. The molecule has 2 aromatic carbocycles. The van der Waals surface area contributed by atoms with Crippen LogP contribution >= 0.6 is 0 Å². The average molecular weight is 412 g/mol. The number of amides is 2. The fourth-order valence-electron chi connectivity index (χ4n) is 3.29. The number of hydrogen-bond acceptors (Lipinski definition) is 4. The third-order valence-electron chi connectivity index (χ3n) is 5.01. The number of anilines is 1. The maximum Gasteiger partial charge on any atom is 0.320 e. The summed E-state index contributed by atoms with van der Waals surface area (Å²) >= 11 is 0. The van der Waals surface area contributed by atoms with Gasteiger partial charge in [0.2, 0.25) is 0 Å². The Morgan fingerprint density at radius 2 is 1.58 bits per heavy atom. The molecule has 0 spiro atoms. The number of nitrogens with one attached hydrogen (secondary N) is 2. The summed E-state index contributed by atoms with van der Waals surface area (Å²) in [6.45, 7) is 2.05. The topological polar surface area (TPSA) is 87.1 Å². The summed E-state index contributed by atoms with van der Waals surface area (Å²) in [4.78, 5) is 21.6. The summed E-state index contributed by atoms with van der Waals surface area (Å²) in [5, 5.41) is 15.0. The Bertz CT molecular complexity index is 1180. The minimum Gasteiger partial charge on any atom is -0.391 e. The van der Waals surface area contributed by atoms with Crippen LogP contribution in [0.15, 0.2) is 78.9 Å². The number of nitrogens with zero attached hydrogens (tertiary/aromatic N) is 2. The lowest BCUT2D eigenvalue weighted by molar-refractivity contribution is 0.168. The van der Waals surface area contributed by atoms with Gasteiger partial charge in [0.1, 0.15) is 5.82 Å². The lowest BCUT2D eigenvalue weighted by atomic mass is 9.98. The zero-order valence-electron chi connectivity index (χ0n) is 17.2. The molecule has 0 bridgehead atoms. The van der Waals surface area contributed by atoms with E-state index in [1.807, 2.05) is 79.7 Å². The molecule has 0 aliphatic rings. The Balaban J connectivity index is 1.70. The van der Waals surface area contributed by atoms with Gasteiger partial charge in [-0.2, -0.15) is 0 Å². The number of rotatable bonds is 6. The Morgan fingerprint density at radius 1 is 0.903 bits per heavy atom. The molecule has 0 fully saturated rings. The highest BCUT2D eigenvalue weighted by Gasteiger charge is 2.13. The van der Waals surface area contributed by atoms with Crippen LogP contribution in [0.25, 0.3) is 33.4 Å². The highest BCUT2D eigenvalue weighted by atomic mass is 16.3. The normalized spacial score (nSPS) is 11.8. The van der Waals surface area contributed by atoms with Gasteiger partial charge in [0, 0.05) is 17.7 Å². The molecule has 6 nitrogen and oxygen atoms in total. The number of hydrogen-bond donors (Lipinski definition) is 3. The van der Waals surface area contributed by atoms with Crippen LogP contribution in [0.2, 0.25) is 0 Å². The largest absolute Gasteiger partial charge is 0.391 e. The van der Waals surface area contributed by atoms with Crippen molar-refractivity contribution < 1.29 is 9.90 Å². The first-order chi connectivity index (χ1) is 15.1. The molecule has 0 radical (unpaired) electrons. The second-order valence-corrected chi connectivity index (χ2v) is 7.25. The Hall–Kier alpha value is -3.77. The van der Waals surface area contributed by atoms with Crippen molar-refractivity contribution in [2.45, 2.75) is 19.4 Å². The molecule has 2 heterocycles. The predicted octanol–water partition coefficient (Wildman–Crippen LogP) is 4.86. The predicted molar refractivity (Wildman–Crippen MR) is 124 cm³/mol. The summed E-state index contributed by atoms with van der Waals surface area (Å²) in [7, 11) is 0. The third kappa shape index (κ3) is 4.87. The molecule has 2 aromatic heterocycles. The molecule has 3 N–H and O–H groups in total. The van der Waals surface area contributed by atoms with E-state index in [9.17, 15) is 9.90 Å². The summed E-state index contributed by atoms with van der Waals surface area (Å²) in [5.41, 5.74) is 5.35. The van der Waals surface area contributed by atoms with Crippen molar-refractivity contribution in [1.29, 1.82) is 0 Å². The number of aliphatic hydroxyl groups excluding tert-OH is 1. The molecule has 4 rings (SSSR count). The van der Waals surface area contributed by atoms with Crippen molar-refractivity contribution in [1.82, 2.24) is 15.3 Å². The van der Waals surface area contributed by atoms with Crippen LogP contribution in [-0.2, 0) is 0 Å². The lowest BCUT2D eigenvalue weighted by Gasteiger charge is -2.13. The molecule has 31 heavy (non-hydrogen) atoms. The smallest absolute Gasteiger partial charge is 0.320 e. The van der Waals surface area contributed by atoms with E-state index in [0.717, 1.165) is 27.9 Å². The molecular weight excluding hydrogens is 388 g/mol. The van der Waals surface area contributed by atoms with Crippen molar-refractivity contribution in [2.75, 3.05) is 11.9 Å². The first-order valence-electron chi connectivity index (χ1n) is 10.3. The zero-order chi connectivity index (χ0) is 21.6. The van der Waals surface area contributed by atoms with Crippen molar-refractivity contribution in [2.24, 2.45) is 0 Å². The number of fused-ring (bicyclic) bond motifs is 1. The highest BCUT2D eigenvalue weighted by Crippen LogP contribution is 2.33. The number of aromatic nitrogens is 2. The Labute approximate surface area is 181 Å². The van der Waals surface area contributed by atoms with Crippen LogP contribution in [0.3, 0.4) is 0 Å². The number of aliphatic hydroxyl groups is 1. The van der Waals surface area contributed by atoms with Gasteiger partial charge >= 0.3 is 6.03 Å². The molecule has 4 aromatic rings. The van der Waals surface area contributed by atoms with Crippen LogP contribution in [0.4, 0.5) is 10.6 Å². The van der Waals surface area contributed by atoms with E-state index in [-0.39, 0.29) is 6.54 Å². The van der Waals surface area contributed by atoms with E-state index < -0.39 is 12.1 Å². The average Bonchev–Trinajstić information content (AvgIpc) is 2.82. The fraction of sp³-hybridized carbons (Fsp3) is 0.160. The van der Waals surface area contributed by atoms with Gasteiger partial charge in [0.05, 0.1) is 22.8 Å². The minimum absolute atomic E-state index is 0.191. The van der Waals surface area contributed by atoms with Crippen molar-refractivity contribution in [3.63, 3.8) is 0 Å². The van der Waals surface area contributed by atoms with E-state index in [1.54, 1.807) is 6.07 Å². The van der Waals surface area contributed by atoms with Crippen LogP contribution < -0.4 is 10.6 Å². The quantitative estimate of drug-likeness (QED) is 0.422. The van der Waals surface area contributed by atoms with Gasteiger partial charge in [-0.05, 0) is 30.2 Å². The minimum atomic E-state index is -0.565. The van der Waals surface area contributed by atoms with Gasteiger partial charge in [0.15, 0.2) is 0 Å². The molecule has 0 aliphatic heterocycles. The molecule has 0 saturated heterocycles. The molecule has 0 unspecified atom stereocenters. The molecule has 0 aliphatic carbocycles. The number of urea groups is 1. The maximum atomic E-state index is 12.1. The van der Waals surface area contributed by atoms with Gasteiger partial charge in [0.25, 0.3) is 0 Å². The van der Waals surface area contributed by atoms with Crippen LogP contribution in [0, 0.1) is 0 Å². The van der Waals surface area contributed by atoms with E-state index >= 15 is 0 Å². The number of carbonyl (C=O) groups excluding carboxylic acids is 1. The Kier molecular flexibility index (Phi) is 6.19. The molecule has 6 heteroatoms. The van der Waals surface area contributed by atoms with Crippen LogP contribution in [0.1, 0.15) is 13.3 Å². The first kappa shape index (κ1) is 20.5. The van der Waals surface area contributed by atoms with E-state index in [1.165, 1.54) is 0 Å². The second kappa shape index (κ2) is 9.36. The van der Waals surface area contributed by atoms with E-state index in [2.05, 4.69) is 15.6 Å². The number of pyridine rings is 2. The third-order valence-corrected chi connectivity index (χ3v) is 5.01. The molecule has 2 amide bonds. The van der Waals surface area contributed by atoms with Crippen molar-refractivity contribution in [3.05, 3.63) is 78.9 Å². The van der Waals surface area contributed by atoms with Crippen LogP contribution in [-0.4, -0.2) is 33.8 Å². The fourth-order valence-corrected chi connectivity index (χ4v) is 3.29. The van der Waals surface area contributed by atoms with E-state index in [4.69, 9.17) is 4.98 Å². The summed E-state index contributed by atoms with van der Waals surface area (Å²) in [6.07, 6.45) is 0.0102. The summed E-state index contributed by atoms with van der Waals surface area (Å²) < 4.78 is 0. The SMILES string of the molecule is CC[C@@H](O)CNC(=O)Nc1ccc2nc(-c3ccccc3)c(-c3ccccc3)cc2n1. The number of carbonyl (C=O) groups is 1. The maximum absolute atomic E-state index is 12.1. The van der Waals surface area contributed by atoms with Crippen molar-refractivity contribution >= 4 is 22.9 Å². The highest BCUT2D eigenvalue weighted by molar-refractivity contribution is 5.93. The van der Waals surface area contributed by atoms with Gasteiger partial charge in [-0.1, -0.05) is 67.6 Å². The van der Waals surface area contributed by atoms with E-state index in [0.29, 0.717) is 17.8 Å². The van der Waals surface area contributed by atoms with Gasteiger partial charge in [-0.15, -0.1) is 0 Å². The molecule has 0 saturated carbocycles. The van der Waals surface area contributed by atoms with Gasteiger partial charge in [-0.3, -0.25) is 5.32 Å². The Morgan fingerprint density at radius 3 is 2.26 bits per heavy atom. The summed E-state index contributed by atoms with van der Waals surface area (Å²) in [6, 6.07) is 25.3. The van der Waals surface area contributed by atoms with Crippen LogP contribution in [0.5, 0.6) is 0 Å². The summed E-state index contributed by atoms with van der Waals surface area (Å²) in [5.74, 6) is 0.421. The van der Waals surface area contributed by atoms with Gasteiger partial charge < -0.3 is 10.4 Å². The number of benzene rings is 2. The molecular formula is C25H24N4O2. The van der Waals surface area contributed by atoms with Crippen molar-refractivity contribution in [3.8, 4) is 22.4 Å². The lowest BCUT2D eigenvalue weighted by Crippen LogP contribution is -2.35. The second-order valence-electron chi connectivity index (χ2n) is 7.25. The first-order valence-corrected chi connectivity index (χ1v) is 10.3. The standard InChI is InChI=1S/C25H24N4O2/c1-2-19(30)16-26-25(31)29-23-14-13-21-22(27-23)15-20(17-9-5-3-6-10-17)24(28-21)18-11-7-4-8-12-18/h3-15,19,30H,2,16H2,1H3,(H2,26,27,29,31)/t19-/m1/s1.